The molecule has 4 heterocycles. The molecular formula is C95H115Cl3N8O11S. The van der Waals surface area contributed by atoms with Crippen LogP contribution in [0.25, 0.3) is 0 Å². The number of halogens is 3. The molecule has 8 N–H and O–H groups in total. The number of piperidine rings is 1. The van der Waals surface area contributed by atoms with E-state index in [0.717, 1.165) is 139 Å². The summed E-state index contributed by atoms with van der Waals surface area (Å²) < 4.78 is 16.5. The lowest BCUT2D eigenvalue weighted by atomic mass is 9.94. The number of nitrogen functional groups attached to an aromatic ring is 4. The zero-order valence-electron chi connectivity index (χ0n) is 68.6. The van der Waals surface area contributed by atoms with Gasteiger partial charge in [0.25, 0.3) is 0 Å². The topological polar surface area (TPSA) is 281 Å². The van der Waals surface area contributed by atoms with Gasteiger partial charge < -0.3 is 56.7 Å². The maximum Gasteiger partial charge on any atom is 0.223 e. The summed E-state index contributed by atoms with van der Waals surface area (Å²) in [6.07, 6.45) is 19.3. The number of thioether (sulfide) groups is 1. The molecule has 12 rings (SSSR count). The molecule has 0 radical (unpaired) electrons. The molecule has 4 fully saturated rings. The molecule has 0 saturated carbocycles. The smallest absolute Gasteiger partial charge is 0.223 e. The van der Waals surface area contributed by atoms with Gasteiger partial charge in [-0.05, 0) is 232 Å². The van der Waals surface area contributed by atoms with Crippen molar-refractivity contribution in [2.24, 2.45) is 0 Å². The number of aryl methyl sites for hydroxylation is 4. The van der Waals surface area contributed by atoms with Crippen molar-refractivity contribution in [2.75, 3.05) is 76.7 Å². The molecule has 4 aliphatic heterocycles. The van der Waals surface area contributed by atoms with Gasteiger partial charge in [0.05, 0.1) is 45.5 Å². The molecule has 628 valence electrons. The number of benzene rings is 8. The van der Waals surface area contributed by atoms with Crippen molar-refractivity contribution in [2.45, 2.75) is 202 Å². The molecule has 0 spiro atoms. The molecule has 4 aliphatic rings. The second kappa shape index (κ2) is 47.7. The largest absolute Gasteiger partial charge is 0.497 e. The Balaban J connectivity index is 0.000000180. The van der Waals surface area contributed by atoms with Gasteiger partial charge in [-0.15, -0.1) is 11.8 Å². The van der Waals surface area contributed by atoms with Gasteiger partial charge in [-0.1, -0.05) is 114 Å². The molecule has 8 aromatic carbocycles. The van der Waals surface area contributed by atoms with Crippen molar-refractivity contribution >= 4 is 116 Å². The third-order valence-electron chi connectivity index (χ3n) is 22.4. The van der Waals surface area contributed by atoms with E-state index in [0.29, 0.717) is 116 Å². The van der Waals surface area contributed by atoms with Gasteiger partial charge in [0.1, 0.15) is 40.4 Å². The second-order valence-electron chi connectivity index (χ2n) is 30.6. The molecule has 118 heavy (non-hydrogen) atoms. The first-order valence-electron chi connectivity index (χ1n) is 41.3. The lowest BCUT2D eigenvalue weighted by molar-refractivity contribution is -0.136. The van der Waals surface area contributed by atoms with Gasteiger partial charge in [0.2, 0.25) is 23.6 Å². The molecule has 19 nitrogen and oxygen atoms in total. The van der Waals surface area contributed by atoms with Crippen LogP contribution in [0.2, 0.25) is 15.1 Å². The zero-order valence-corrected chi connectivity index (χ0v) is 71.7. The van der Waals surface area contributed by atoms with Crippen LogP contribution >= 0.6 is 46.6 Å². The summed E-state index contributed by atoms with van der Waals surface area (Å²) in [5.74, 6) is 2.84. The fraction of sp³-hybridized carbons (Fsp3) is 0.411. The Morgan fingerprint density at radius 3 is 1.05 bits per heavy atom. The number of rotatable bonds is 32. The highest BCUT2D eigenvalue weighted by molar-refractivity contribution is 7.98. The summed E-state index contributed by atoms with van der Waals surface area (Å²) in [5, 5.41) is 1.86. The van der Waals surface area contributed by atoms with E-state index in [1.807, 2.05) is 165 Å². The van der Waals surface area contributed by atoms with Crippen LogP contribution in [-0.4, -0.2) is 120 Å². The number of methoxy groups -OCH3 is 3. The number of nitrogens with two attached hydrogens (primary N) is 4. The van der Waals surface area contributed by atoms with Crippen molar-refractivity contribution in [1.29, 1.82) is 0 Å². The summed E-state index contributed by atoms with van der Waals surface area (Å²) in [6.45, 7) is 2.86. The maximum atomic E-state index is 13.2. The number of carbonyl (C=O) groups excluding carboxylic acids is 8. The van der Waals surface area contributed by atoms with Crippen molar-refractivity contribution in [3.05, 3.63) is 236 Å². The quantitative estimate of drug-likeness (QED) is 0.0225. The van der Waals surface area contributed by atoms with Gasteiger partial charge in [-0.3, -0.25) is 38.4 Å². The number of hydrogen-bond acceptors (Lipinski definition) is 16. The first-order valence-corrected chi connectivity index (χ1v) is 43.6. The predicted molar refractivity (Wildman–Crippen MR) is 475 cm³/mol. The number of anilines is 4. The lowest BCUT2D eigenvalue weighted by Crippen LogP contribution is -2.38. The Morgan fingerprint density at radius 1 is 0.339 bits per heavy atom. The molecule has 4 saturated heterocycles. The summed E-state index contributed by atoms with van der Waals surface area (Å²) in [7, 11) is 4.90. The minimum absolute atomic E-state index is 0.00609. The van der Waals surface area contributed by atoms with Crippen LogP contribution in [0.15, 0.2) is 181 Å². The number of likely N-dealkylation sites (tertiary alicyclic amines) is 4. The first kappa shape index (κ1) is 92.0. The Hall–Kier alpha value is -9.86. The van der Waals surface area contributed by atoms with Gasteiger partial charge in [0.15, 0.2) is 0 Å². The minimum Gasteiger partial charge on any atom is -0.497 e. The number of Topliss-reactive ketones (excluding diaryl/α,β-unsaturated/α-hetero) is 4. The molecule has 0 aliphatic carbocycles. The fourth-order valence-electron chi connectivity index (χ4n) is 15.8. The van der Waals surface area contributed by atoms with Crippen LogP contribution in [0.5, 0.6) is 17.2 Å². The zero-order chi connectivity index (χ0) is 84.5. The maximum absolute atomic E-state index is 13.2. The van der Waals surface area contributed by atoms with Crippen molar-refractivity contribution < 1.29 is 52.6 Å². The molecule has 8 aromatic rings. The molecule has 0 bridgehead atoms. The average Bonchev–Trinajstić information content (AvgIpc) is 1.50. The Bertz CT molecular complexity index is 4630. The van der Waals surface area contributed by atoms with Crippen LogP contribution in [0.1, 0.15) is 216 Å². The van der Waals surface area contributed by atoms with Crippen LogP contribution in [0.4, 0.5) is 22.7 Å². The molecule has 23 heteroatoms. The van der Waals surface area contributed by atoms with Crippen molar-refractivity contribution in [3.63, 3.8) is 0 Å². The highest BCUT2D eigenvalue weighted by atomic mass is 35.5. The SMILES string of the molecule is COc1ccc(Cl)cc1C1CCCN1C(=O)CCC(=O)CCc1ccc(N)cc1.COc1ccc(OC)c(C2CCCCCN2C(=O)CCC(=O)CCc2ccc(N)cc2)c1.CSc1ccccc1C1CCCN1C(=O)CCC(=O)CCc1ccc(N)cc1.Nc1ccc(CCC(=O)CCC(=O)N2CCCCC2c2cc(Cl)ccc2Cl)cc1. The van der Waals surface area contributed by atoms with Crippen LogP contribution in [0.3, 0.4) is 0 Å². The summed E-state index contributed by atoms with van der Waals surface area (Å²) in [4.78, 5) is 110. The van der Waals surface area contributed by atoms with E-state index >= 15 is 0 Å². The number of nitrogens with zero attached hydrogens (tertiary/aromatic N) is 4. The summed E-state index contributed by atoms with van der Waals surface area (Å²) in [5.41, 5.74) is 34.0. The third-order valence-corrected chi connectivity index (χ3v) is 24.0. The van der Waals surface area contributed by atoms with Crippen molar-refractivity contribution in [3.8, 4) is 17.2 Å². The lowest BCUT2D eigenvalue weighted by Gasteiger charge is -2.36. The molecule has 0 aromatic heterocycles. The third kappa shape index (κ3) is 28.4. The number of ether oxygens (including phenoxy) is 3. The number of hydrogen-bond donors (Lipinski definition) is 4. The number of amides is 4. The van der Waals surface area contributed by atoms with Crippen LogP contribution in [-0.2, 0) is 64.0 Å². The van der Waals surface area contributed by atoms with E-state index in [-0.39, 0.29) is 109 Å². The summed E-state index contributed by atoms with van der Waals surface area (Å²) >= 11 is 20.4. The second-order valence-corrected chi connectivity index (χ2v) is 32.7. The molecular weight excluding hydrogens is 1570 g/mol. The number of carbonyl (C=O) groups is 8. The van der Waals surface area contributed by atoms with E-state index < -0.39 is 0 Å². The standard InChI is InChI=1S/C26H34N2O4.C23H26Cl2N2O2.C23H27ClN2O3.C23H28N2O2S/c1-31-22-14-15-25(32-2)23(18-22)24-6-4-3-5-17-28(24)26(30)16-13-21(29)12-9-19-7-10-20(27)11-8-19;24-17-7-12-21(25)20(15-17)22-3-1-2-14-27(22)23(29)13-11-19(28)10-6-16-4-8-18(26)9-5-16;1-29-22-12-7-17(24)15-20(22)21-3-2-14-26(21)23(28)13-11-19(27)10-6-16-4-8-18(25)9-5-16;1-28-22-7-3-2-5-20(22)21-6-4-16-25(21)23(27)15-14-19(26)13-10-17-8-11-18(24)12-9-17/h7-8,10-11,14-15,18,24H,3-6,9,12-13,16-17,27H2,1-2H3;4-5,7-9,12,15,22H,1-3,6,10-11,13-14,26H2;4-5,7-9,12,15,21H,2-3,6,10-11,13-14,25H2,1H3;2-3,5,7-9,11-12,21H,4,6,10,13-16,24H2,1H3. The van der Waals surface area contributed by atoms with Crippen LogP contribution in [0, 0.1) is 0 Å². The molecule has 4 atom stereocenters. The van der Waals surface area contributed by atoms with E-state index in [2.05, 4.69) is 18.4 Å². The Labute approximate surface area is 715 Å². The molecule has 4 unspecified atom stereocenters. The monoisotopic (exact) mass is 1680 g/mol. The average molecular weight is 1680 g/mol. The van der Waals surface area contributed by atoms with E-state index in [1.165, 1.54) is 10.5 Å². The normalized spacial score (nSPS) is 16.3. The van der Waals surface area contributed by atoms with Gasteiger partial charge in [0, 0.05) is 157 Å². The highest BCUT2D eigenvalue weighted by Gasteiger charge is 2.35. The van der Waals surface area contributed by atoms with E-state index in [1.54, 1.807) is 51.3 Å². The minimum atomic E-state index is -0.0765. The van der Waals surface area contributed by atoms with Crippen molar-refractivity contribution in [1.82, 2.24) is 19.6 Å². The van der Waals surface area contributed by atoms with E-state index in [4.69, 9.17) is 71.9 Å². The Morgan fingerprint density at radius 2 is 0.661 bits per heavy atom. The number of ketones is 4. The van der Waals surface area contributed by atoms with Gasteiger partial charge in [-0.2, -0.15) is 0 Å². The molecule has 4 amide bonds. The summed E-state index contributed by atoms with van der Waals surface area (Å²) in [6, 6.07) is 55.1. The fourth-order valence-corrected chi connectivity index (χ4v) is 17.0. The van der Waals surface area contributed by atoms with Gasteiger partial charge in [-0.25, -0.2) is 0 Å². The van der Waals surface area contributed by atoms with Gasteiger partial charge >= 0.3 is 0 Å². The predicted octanol–water partition coefficient (Wildman–Crippen LogP) is 19.5. The van der Waals surface area contributed by atoms with Crippen LogP contribution < -0.4 is 37.1 Å². The highest BCUT2D eigenvalue weighted by Crippen LogP contribution is 2.43. The Kier molecular flexibility index (Phi) is 37.2. The first-order chi connectivity index (χ1) is 57.0. The van der Waals surface area contributed by atoms with E-state index in [9.17, 15) is 38.4 Å².